The third-order valence-electron chi connectivity index (χ3n) is 4.53. The molecule has 2 amide bonds. The van der Waals surface area contributed by atoms with Crippen molar-refractivity contribution in [1.82, 2.24) is 15.3 Å². The molecule has 0 fully saturated rings. The summed E-state index contributed by atoms with van der Waals surface area (Å²) < 4.78 is 19.0. The molecule has 0 radical (unpaired) electrons. The maximum Gasteiger partial charge on any atom is 0.334 e. The summed E-state index contributed by atoms with van der Waals surface area (Å²) in [7, 11) is 5.36. The summed E-state index contributed by atoms with van der Waals surface area (Å²) in [5.41, 5.74) is 11.0. The SMILES string of the molecule is COc1cc2nccc(Nc3ccc(F)c(Cl)c3)c2cc1N(NCCN(C)C)C(N)=O. The van der Waals surface area contributed by atoms with Crippen LogP contribution in [0.2, 0.25) is 5.02 Å². The van der Waals surface area contributed by atoms with Crippen molar-refractivity contribution < 1.29 is 13.9 Å². The number of rotatable bonds is 8. The second kappa shape index (κ2) is 9.78. The number of carbonyl (C=O) groups excluding carboxylic acids is 1. The number of hydrazine groups is 1. The molecule has 0 aliphatic heterocycles. The number of pyridine rings is 1. The monoisotopic (exact) mass is 446 g/mol. The van der Waals surface area contributed by atoms with Crippen LogP contribution in [0.1, 0.15) is 0 Å². The molecule has 0 spiro atoms. The zero-order valence-electron chi connectivity index (χ0n) is 17.4. The number of halogens is 2. The number of likely N-dealkylation sites (N-methyl/N-ethyl adjacent to an activating group) is 1. The van der Waals surface area contributed by atoms with E-state index in [1.165, 1.54) is 24.3 Å². The van der Waals surface area contributed by atoms with Crippen LogP contribution in [0.25, 0.3) is 10.9 Å². The topological polar surface area (TPSA) is 95.8 Å². The van der Waals surface area contributed by atoms with Gasteiger partial charge in [0, 0.05) is 42.1 Å². The normalized spacial score (nSPS) is 11.0. The summed E-state index contributed by atoms with van der Waals surface area (Å²) in [6.45, 7) is 1.18. The predicted octanol–water partition coefficient (Wildman–Crippen LogP) is 3.73. The molecular weight excluding hydrogens is 423 g/mol. The number of methoxy groups -OCH3 is 1. The van der Waals surface area contributed by atoms with Crippen LogP contribution < -0.4 is 26.2 Å². The first-order valence-electron chi connectivity index (χ1n) is 9.46. The highest BCUT2D eigenvalue weighted by Gasteiger charge is 2.19. The van der Waals surface area contributed by atoms with Crippen molar-refractivity contribution in [2.45, 2.75) is 0 Å². The van der Waals surface area contributed by atoms with Crippen molar-refractivity contribution in [3.8, 4) is 5.75 Å². The Morgan fingerprint density at radius 2 is 2.03 bits per heavy atom. The molecule has 0 atom stereocenters. The van der Waals surface area contributed by atoms with Crippen molar-refractivity contribution in [3.63, 3.8) is 0 Å². The molecule has 4 N–H and O–H groups in total. The van der Waals surface area contributed by atoms with Crippen LogP contribution >= 0.6 is 11.6 Å². The molecule has 3 rings (SSSR count). The first-order chi connectivity index (χ1) is 14.8. The van der Waals surface area contributed by atoms with Crippen LogP contribution in [0, 0.1) is 5.82 Å². The summed E-state index contributed by atoms with van der Waals surface area (Å²) in [6.07, 6.45) is 1.64. The quantitative estimate of drug-likeness (QED) is 0.456. The van der Waals surface area contributed by atoms with E-state index in [4.69, 9.17) is 22.1 Å². The second-order valence-corrected chi connectivity index (χ2v) is 7.45. The molecule has 0 aliphatic carbocycles. The van der Waals surface area contributed by atoms with Gasteiger partial charge in [-0.05, 0) is 44.4 Å². The fourth-order valence-corrected chi connectivity index (χ4v) is 3.19. The fraction of sp³-hybridized carbons (Fsp3) is 0.238. The average Bonchev–Trinajstić information content (AvgIpc) is 2.73. The van der Waals surface area contributed by atoms with Gasteiger partial charge in [0.25, 0.3) is 0 Å². The number of fused-ring (bicyclic) bond motifs is 1. The minimum Gasteiger partial charge on any atom is -0.494 e. The number of benzene rings is 2. The van der Waals surface area contributed by atoms with Crippen LogP contribution in [0.3, 0.4) is 0 Å². The molecule has 2 aromatic carbocycles. The van der Waals surface area contributed by atoms with Gasteiger partial charge >= 0.3 is 6.03 Å². The van der Waals surface area contributed by atoms with E-state index >= 15 is 0 Å². The van der Waals surface area contributed by atoms with Gasteiger partial charge in [0.1, 0.15) is 17.3 Å². The fourth-order valence-electron chi connectivity index (χ4n) is 3.01. The van der Waals surface area contributed by atoms with Gasteiger partial charge in [-0.15, -0.1) is 0 Å². The van der Waals surface area contributed by atoms with Gasteiger partial charge in [-0.3, -0.25) is 4.98 Å². The second-order valence-electron chi connectivity index (χ2n) is 7.04. The third-order valence-corrected chi connectivity index (χ3v) is 4.82. The van der Waals surface area contributed by atoms with Crippen LogP contribution in [-0.4, -0.2) is 50.2 Å². The molecule has 0 aliphatic rings. The lowest BCUT2D eigenvalue weighted by Gasteiger charge is -2.25. The number of amides is 2. The molecule has 1 heterocycles. The highest BCUT2D eigenvalue weighted by molar-refractivity contribution is 6.31. The molecule has 0 unspecified atom stereocenters. The first kappa shape index (κ1) is 22.5. The Labute approximate surface area is 184 Å². The molecule has 31 heavy (non-hydrogen) atoms. The number of nitrogens with one attached hydrogen (secondary N) is 2. The van der Waals surface area contributed by atoms with E-state index in [-0.39, 0.29) is 5.02 Å². The number of ether oxygens (including phenoxy) is 1. The van der Waals surface area contributed by atoms with Crippen LogP contribution in [-0.2, 0) is 0 Å². The van der Waals surface area contributed by atoms with Gasteiger partial charge in [0.05, 0.1) is 17.6 Å². The number of primary amides is 1. The molecule has 1 aromatic heterocycles. The number of anilines is 3. The van der Waals surface area contributed by atoms with Crippen molar-refractivity contribution in [2.75, 3.05) is 44.6 Å². The van der Waals surface area contributed by atoms with Crippen molar-refractivity contribution in [2.24, 2.45) is 5.73 Å². The number of aromatic nitrogens is 1. The minimum absolute atomic E-state index is 0.00992. The summed E-state index contributed by atoms with van der Waals surface area (Å²) in [5, 5.41) is 5.17. The zero-order valence-corrected chi connectivity index (χ0v) is 18.2. The summed E-state index contributed by atoms with van der Waals surface area (Å²) in [5.74, 6) is -0.0714. The van der Waals surface area contributed by atoms with E-state index in [1.54, 1.807) is 30.5 Å². The Hall–Kier alpha value is -3.14. The molecule has 3 aromatic rings. The zero-order chi connectivity index (χ0) is 22.5. The molecule has 0 bridgehead atoms. The van der Waals surface area contributed by atoms with Crippen LogP contribution in [0.15, 0.2) is 42.6 Å². The van der Waals surface area contributed by atoms with Crippen LogP contribution in [0.5, 0.6) is 5.75 Å². The summed E-state index contributed by atoms with van der Waals surface area (Å²) in [4.78, 5) is 18.5. The lowest BCUT2D eigenvalue weighted by Crippen LogP contribution is -2.48. The number of hydrogen-bond acceptors (Lipinski definition) is 6. The maximum absolute atomic E-state index is 13.5. The number of carbonyl (C=O) groups is 1. The number of hydrogen-bond donors (Lipinski definition) is 3. The Balaban J connectivity index is 2.04. The number of nitrogens with two attached hydrogens (primary N) is 1. The standard InChI is InChI=1S/C21H24ClFN6O2/c1-28(2)9-8-26-29(21(24)30)19-11-14-17(6-7-25-18(14)12-20(19)31-3)27-13-4-5-16(23)15(22)10-13/h4-7,10-12,26H,8-9H2,1-3H3,(H2,24,30)(H,25,27). The molecular formula is C21H24ClFN6O2. The largest absolute Gasteiger partial charge is 0.494 e. The van der Waals surface area contributed by atoms with Crippen molar-refractivity contribution in [3.05, 3.63) is 53.4 Å². The third kappa shape index (κ3) is 5.32. The van der Waals surface area contributed by atoms with Gasteiger partial charge in [-0.25, -0.2) is 19.6 Å². The van der Waals surface area contributed by atoms with Crippen LogP contribution in [0.4, 0.5) is 26.2 Å². The smallest absolute Gasteiger partial charge is 0.334 e. The van der Waals surface area contributed by atoms with Gasteiger partial charge in [-0.1, -0.05) is 11.6 Å². The Bertz CT molecular complexity index is 1090. The Morgan fingerprint density at radius 1 is 1.26 bits per heavy atom. The van der Waals surface area contributed by atoms with E-state index in [1.807, 2.05) is 19.0 Å². The summed E-state index contributed by atoms with van der Waals surface area (Å²) >= 11 is 5.90. The molecule has 0 saturated carbocycles. The lowest BCUT2D eigenvalue weighted by atomic mass is 10.1. The molecule has 10 heteroatoms. The van der Waals surface area contributed by atoms with E-state index < -0.39 is 11.8 Å². The van der Waals surface area contributed by atoms with E-state index in [0.29, 0.717) is 46.8 Å². The number of nitrogens with zero attached hydrogens (tertiary/aromatic N) is 3. The van der Waals surface area contributed by atoms with Gasteiger partial charge in [0.2, 0.25) is 0 Å². The Morgan fingerprint density at radius 3 is 2.68 bits per heavy atom. The number of urea groups is 1. The van der Waals surface area contributed by atoms with E-state index in [2.05, 4.69) is 15.7 Å². The maximum atomic E-state index is 13.5. The highest BCUT2D eigenvalue weighted by Crippen LogP contribution is 2.36. The first-order valence-corrected chi connectivity index (χ1v) is 9.84. The van der Waals surface area contributed by atoms with E-state index in [0.717, 1.165) is 0 Å². The molecule has 8 nitrogen and oxygen atoms in total. The molecule has 164 valence electrons. The molecule has 0 saturated heterocycles. The lowest BCUT2D eigenvalue weighted by molar-refractivity contribution is 0.250. The minimum atomic E-state index is -0.680. The van der Waals surface area contributed by atoms with Gasteiger partial charge < -0.3 is 20.7 Å². The van der Waals surface area contributed by atoms with Gasteiger partial charge in [-0.2, -0.15) is 0 Å². The average molecular weight is 447 g/mol. The predicted molar refractivity (Wildman–Crippen MR) is 122 cm³/mol. The Kier molecular flexibility index (Phi) is 7.11. The van der Waals surface area contributed by atoms with E-state index in [9.17, 15) is 9.18 Å². The van der Waals surface area contributed by atoms with Crippen molar-refractivity contribution in [1.29, 1.82) is 0 Å². The highest BCUT2D eigenvalue weighted by atomic mass is 35.5. The summed E-state index contributed by atoms with van der Waals surface area (Å²) in [6, 6.07) is 8.91. The van der Waals surface area contributed by atoms with Gasteiger partial charge in [0.15, 0.2) is 0 Å². The van der Waals surface area contributed by atoms with Crippen molar-refractivity contribution >= 4 is 45.6 Å².